The fourth-order valence-corrected chi connectivity index (χ4v) is 2.70. The monoisotopic (exact) mass is 369 g/mol. The Labute approximate surface area is 170 Å². The normalized spacial score (nSPS) is 10.1. The van der Waals surface area contributed by atoms with E-state index in [0.717, 1.165) is 16.2 Å². The first-order chi connectivity index (χ1) is 11.8. The number of tetrazole rings is 1. The van der Waals surface area contributed by atoms with Crippen LogP contribution in [0, 0.1) is 0 Å². The van der Waals surface area contributed by atoms with Crippen LogP contribution in [-0.4, -0.2) is 62.8 Å². The van der Waals surface area contributed by atoms with Crippen molar-refractivity contribution in [1.29, 1.82) is 0 Å². The third-order valence-corrected chi connectivity index (χ3v) is 4.02. The zero-order chi connectivity index (χ0) is 16.8. The molecule has 0 bridgehead atoms. The van der Waals surface area contributed by atoms with Gasteiger partial charge in [-0.2, -0.15) is 0 Å². The second kappa shape index (κ2) is 9.64. The van der Waals surface area contributed by atoms with E-state index in [1.165, 1.54) is 16.0 Å². The van der Waals surface area contributed by atoms with Crippen molar-refractivity contribution in [3.05, 3.63) is 47.3 Å². The number of methoxy groups -OCH3 is 1. The van der Waals surface area contributed by atoms with Gasteiger partial charge in [0.15, 0.2) is 5.82 Å². The number of hydrogen-bond donors (Lipinski definition) is 1. The molecule has 0 spiro atoms. The van der Waals surface area contributed by atoms with Gasteiger partial charge in [0.05, 0.1) is 18.6 Å². The van der Waals surface area contributed by atoms with E-state index in [-0.39, 0.29) is 48.6 Å². The fourth-order valence-electron chi connectivity index (χ4n) is 1.98. The van der Waals surface area contributed by atoms with Gasteiger partial charge in [-0.05, 0) is 39.6 Å². The molecule has 3 aromatic rings. The second-order valence-corrected chi connectivity index (χ2v) is 5.75. The molecule has 10 heteroatoms. The van der Waals surface area contributed by atoms with Gasteiger partial charge in [0.25, 0.3) is 5.91 Å². The zero-order valence-electron chi connectivity index (χ0n) is 12.9. The van der Waals surface area contributed by atoms with Crippen LogP contribution in [0.15, 0.2) is 41.8 Å². The van der Waals surface area contributed by atoms with E-state index in [0.29, 0.717) is 5.82 Å². The summed E-state index contributed by atoms with van der Waals surface area (Å²) < 4.78 is 6.51. The topological polar surface area (TPSA) is 91.2 Å². The van der Waals surface area contributed by atoms with Crippen LogP contribution >= 0.6 is 11.3 Å². The van der Waals surface area contributed by atoms with E-state index in [2.05, 4.69) is 21.0 Å². The molecule has 8 nitrogen and oxygen atoms in total. The quantitative estimate of drug-likeness (QED) is 0.494. The predicted molar refractivity (Wildman–Crippen MR) is 94.2 cm³/mol. The molecule has 0 aliphatic carbocycles. The van der Waals surface area contributed by atoms with Gasteiger partial charge in [-0.3, -0.25) is 9.63 Å². The number of amides is 1. The Balaban J connectivity index is 0.00000225. The third kappa shape index (κ3) is 5.35. The standard InChI is InChI=1S/C15H15N5O3S.Na.H/c1-22-12-6-4-11(5-7-12)10-23-17-14(21)9-20-15(16-18-19-20)13-3-2-8-24-13;;/h2-8H,9-10H2,1H3,(H,17,21);;. The molecule has 2 aromatic heterocycles. The number of thiophene rings is 1. The molecule has 25 heavy (non-hydrogen) atoms. The van der Waals surface area contributed by atoms with Crippen molar-refractivity contribution in [3.8, 4) is 16.5 Å². The molecule has 0 atom stereocenters. The van der Waals surface area contributed by atoms with Gasteiger partial charge >= 0.3 is 29.6 Å². The summed E-state index contributed by atoms with van der Waals surface area (Å²) in [5, 5.41) is 13.3. The Morgan fingerprint density at radius 2 is 2.08 bits per heavy atom. The van der Waals surface area contributed by atoms with Crippen LogP contribution in [0.4, 0.5) is 0 Å². The summed E-state index contributed by atoms with van der Waals surface area (Å²) >= 11 is 1.50. The zero-order valence-corrected chi connectivity index (χ0v) is 13.7. The first-order valence-electron chi connectivity index (χ1n) is 7.10. The summed E-state index contributed by atoms with van der Waals surface area (Å²) in [6, 6.07) is 11.2. The first kappa shape index (κ1) is 19.5. The van der Waals surface area contributed by atoms with Crippen molar-refractivity contribution in [3.63, 3.8) is 0 Å². The van der Waals surface area contributed by atoms with E-state index < -0.39 is 0 Å². The maximum absolute atomic E-state index is 12.0. The number of ether oxygens (including phenoxy) is 1. The number of hydroxylamine groups is 1. The third-order valence-electron chi connectivity index (χ3n) is 3.15. The number of carbonyl (C=O) groups excluding carboxylic acids is 1. The minimum atomic E-state index is -0.339. The van der Waals surface area contributed by atoms with Crippen molar-refractivity contribution in [2.24, 2.45) is 0 Å². The summed E-state index contributed by atoms with van der Waals surface area (Å²) in [5.41, 5.74) is 3.30. The number of carbonyl (C=O) groups is 1. The van der Waals surface area contributed by atoms with Crippen LogP contribution in [0.5, 0.6) is 5.75 Å². The molecule has 1 amide bonds. The summed E-state index contributed by atoms with van der Waals surface area (Å²) in [6.07, 6.45) is 0. The molecule has 1 N–H and O–H groups in total. The average Bonchev–Trinajstić information content (AvgIpc) is 3.26. The summed E-state index contributed by atoms with van der Waals surface area (Å²) in [7, 11) is 1.61. The van der Waals surface area contributed by atoms with Crippen LogP contribution < -0.4 is 10.2 Å². The molecule has 0 fully saturated rings. The molecule has 126 valence electrons. The molecule has 0 saturated heterocycles. The first-order valence-corrected chi connectivity index (χ1v) is 7.98. The maximum atomic E-state index is 12.0. The van der Waals surface area contributed by atoms with Crippen molar-refractivity contribution in [2.45, 2.75) is 13.2 Å². The van der Waals surface area contributed by atoms with E-state index in [9.17, 15) is 4.79 Å². The Morgan fingerprint density at radius 3 is 2.76 bits per heavy atom. The van der Waals surface area contributed by atoms with Gasteiger partial charge < -0.3 is 4.74 Å². The van der Waals surface area contributed by atoms with Crippen molar-refractivity contribution in [2.75, 3.05) is 7.11 Å². The Morgan fingerprint density at radius 1 is 1.28 bits per heavy atom. The van der Waals surface area contributed by atoms with E-state index in [1.807, 2.05) is 41.8 Å². The van der Waals surface area contributed by atoms with Crippen molar-refractivity contribution in [1.82, 2.24) is 25.7 Å². The van der Waals surface area contributed by atoms with Crippen molar-refractivity contribution < 1.29 is 14.4 Å². The summed E-state index contributed by atoms with van der Waals surface area (Å²) in [4.78, 5) is 18.1. The number of aromatic nitrogens is 4. The number of benzene rings is 1. The Kier molecular flexibility index (Phi) is 7.53. The molecule has 0 aliphatic heterocycles. The van der Waals surface area contributed by atoms with Gasteiger partial charge in [-0.1, -0.05) is 18.2 Å². The number of hydrogen-bond acceptors (Lipinski definition) is 7. The molecular formula is C15H16N5NaO3S. The Hall–Kier alpha value is -1.78. The summed E-state index contributed by atoms with van der Waals surface area (Å²) in [5.74, 6) is 0.978. The molecule has 0 unspecified atom stereocenters. The van der Waals surface area contributed by atoms with Gasteiger partial charge in [-0.25, -0.2) is 10.2 Å². The van der Waals surface area contributed by atoms with E-state index in [1.54, 1.807) is 7.11 Å². The van der Waals surface area contributed by atoms with Crippen molar-refractivity contribution >= 4 is 46.8 Å². The number of nitrogens with zero attached hydrogens (tertiary/aromatic N) is 4. The van der Waals surface area contributed by atoms with Crippen LogP contribution in [0.1, 0.15) is 5.56 Å². The molecule has 0 saturated carbocycles. The second-order valence-electron chi connectivity index (χ2n) is 4.80. The fraction of sp³-hybridized carbons (Fsp3) is 0.200. The van der Waals surface area contributed by atoms with Gasteiger partial charge in [0, 0.05) is 0 Å². The van der Waals surface area contributed by atoms with Crippen LogP contribution in [0.2, 0.25) is 0 Å². The predicted octanol–water partition coefficient (Wildman–Crippen LogP) is 1.01. The molecule has 3 rings (SSSR count). The molecule has 0 aliphatic rings. The van der Waals surface area contributed by atoms with Crippen LogP contribution in [-0.2, 0) is 22.8 Å². The van der Waals surface area contributed by atoms with Gasteiger partial charge in [-0.15, -0.1) is 16.4 Å². The molecule has 1 aromatic carbocycles. The summed E-state index contributed by atoms with van der Waals surface area (Å²) in [6.45, 7) is 0.228. The number of rotatable bonds is 7. The van der Waals surface area contributed by atoms with Gasteiger partial charge in [0.1, 0.15) is 12.3 Å². The SMILES string of the molecule is COc1ccc(CONC(=O)Cn2nnnc2-c2cccs2)cc1.[NaH]. The van der Waals surface area contributed by atoms with E-state index in [4.69, 9.17) is 9.57 Å². The molecular weight excluding hydrogens is 353 g/mol. The average molecular weight is 369 g/mol. The van der Waals surface area contributed by atoms with Crippen LogP contribution in [0.3, 0.4) is 0 Å². The minimum absolute atomic E-state index is 0. The Bertz CT molecular complexity index is 792. The molecule has 2 heterocycles. The number of nitrogens with one attached hydrogen (secondary N) is 1. The van der Waals surface area contributed by atoms with Crippen LogP contribution in [0.25, 0.3) is 10.7 Å². The van der Waals surface area contributed by atoms with Gasteiger partial charge in [0.2, 0.25) is 0 Å². The van der Waals surface area contributed by atoms with E-state index >= 15 is 0 Å². The molecule has 0 radical (unpaired) electrons.